The predicted octanol–water partition coefficient (Wildman–Crippen LogP) is 5.13. The number of hydrogen-bond donors (Lipinski definition) is 2. The van der Waals surface area contributed by atoms with Crippen LogP contribution in [0.2, 0.25) is 0 Å². The molecule has 3 unspecified atom stereocenters. The van der Waals surface area contributed by atoms with Crippen molar-refractivity contribution in [2.45, 2.75) is 62.5 Å². The Bertz CT molecular complexity index is 685. The van der Waals surface area contributed by atoms with Crippen molar-refractivity contribution in [3.05, 3.63) is 29.8 Å². The van der Waals surface area contributed by atoms with Crippen LogP contribution in [0.5, 0.6) is 5.75 Å². The summed E-state index contributed by atoms with van der Waals surface area (Å²) in [6.45, 7) is -0.997. The zero-order chi connectivity index (χ0) is 22.8. The van der Waals surface area contributed by atoms with Crippen molar-refractivity contribution < 1.29 is 49.4 Å². The molecule has 2 N–H and O–H groups in total. The predicted molar refractivity (Wildman–Crippen MR) is 87.6 cm³/mol. The largest absolute Gasteiger partial charge is 0.573 e. The smallest absolute Gasteiger partial charge is 0.406 e. The third kappa shape index (κ3) is 7.22. The van der Waals surface area contributed by atoms with Gasteiger partial charge in [-0.2, -0.15) is 26.3 Å². The van der Waals surface area contributed by atoms with Crippen LogP contribution in [0, 0.1) is 5.92 Å². The Balaban J connectivity index is 2.21. The van der Waals surface area contributed by atoms with Crippen molar-refractivity contribution in [1.82, 2.24) is 5.32 Å². The van der Waals surface area contributed by atoms with Crippen LogP contribution in [0.25, 0.3) is 0 Å². The van der Waals surface area contributed by atoms with E-state index in [1.807, 2.05) is 0 Å². The first-order chi connectivity index (χ1) is 13.6. The number of halogens is 9. The number of nitrogens with one attached hydrogen (secondary N) is 1. The fourth-order valence-electron chi connectivity index (χ4n) is 3.65. The molecule has 0 amide bonds. The monoisotopic (exact) mass is 453 g/mol. The van der Waals surface area contributed by atoms with Crippen molar-refractivity contribution in [1.29, 1.82) is 0 Å². The molecule has 30 heavy (non-hydrogen) atoms. The van der Waals surface area contributed by atoms with E-state index >= 15 is 0 Å². The lowest BCUT2D eigenvalue weighted by molar-refractivity contribution is -0.274. The highest BCUT2D eigenvalue weighted by atomic mass is 19.4. The maximum Gasteiger partial charge on any atom is 0.573 e. The lowest BCUT2D eigenvalue weighted by atomic mass is 9.72. The highest BCUT2D eigenvalue weighted by Crippen LogP contribution is 2.43. The number of β-amino-alcohol motifs (C(OH)–C–C–N with tert-alkyl or cyclic N) is 1. The molecule has 12 heteroatoms. The van der Waals surface area contributed by atoms with Crippen LogP contribution < -0.4 is 10.1 Å². The van der Waals surface area contributed by atoms with Gasteiger partial charge in [0.15, 0.2) is 6.10 Å². The summed E-state index contributed by atoms with van der Waals surface area (Å²) in [5, 5.41) is 11.7. The minimum atomic E-state index is -4.94. The molecule has 0 saturated heterocycles. The molecule has 0 heterocycles. The van der Waals surface area contributed by atoms with Gasteiger partial charge in [0.25, 0.3) is 0 Å². The Hall–Kier alpha value is -1.69. The first kappa shape index (κ1) is 24.6. The van der Waals surface area contributed by atoms with Crippen LogP contribution in [-0.2, 0) is 6.42 Å². The van der Waals surface area contributed by atoms with Gasteiger partial charge in [-0.25, -0.2) is 0 Å². The van der Waals surface area contributed by atoms with Gasteiger partial charge in [-0.1, -0.05) is 18.6 Å². The second-order valence-electron chi connectivity index (χ2n) is 7.42. The molecule has 1 aliphatic rings. The van der Waals surface area contributed by atoms with E-state index in [9.17, 15) is 44.6 Å². The van der Waals surface area contributed by atoms with Crippen LogP contribution in [-0.4, -0.2) is 42.0 Å². The summed E-state index contributed by atoms with van der Waals surface area (Å²) in [5.74, 6) is -2.27. The van der Waals surface area contributed by atoms with E-state index in [1.165, 1.54) is 12.1 Å². The molecule has 0 spiro atoms. The SMILES string of the molecule is OC(CNC1(Cc2ccc(OC(F)(F)F)cc2)CCCC(C(F)(F)F)C1)C(F)(F)F. The van der Waals surface area contributed by atoms with Crippen LogP contribution in [0.15, 0.2) is 24.3 Å². The van der Waals surface area contributed by atoms with Crippen LogP contribution in [0.4, 0.5) is 39.5 Å². The minimum Gasteiger partial charge on any atom is -0.406 e. The maximum absolute atomic E-state index is 13.2. The fraction of sp³-hybridized carbons (Fsp3) is 0.667. The van der Waals surface area contributed by atoms with E-state index in [0.29, 0.717) is 5.56 Å². The summed E-state index contributed by atoms with van der Waals surface area (Å²) < 4.78 is 118. The van der Waals surface area contributed by atoms with Crippen molar-refractivity contribution in [3.8, 4) is 5.75 Å². The second-order valence-corrected chi connectivity index (χ2v) is 7.42. The molecular formula is C18H20F9NO2. The van der Waals surface area contributed by atoms with Gasteiger partial charge < -0.3 is 15.2 Å². The average Bonchev–Trinajstić information content (AvgIpc) is 2.59. The van der Waals surface area contributed by atoms with Crippen molar-refractivity contribution in [3.63, 3.8) is 0 Å². The van der Waals surface area contributed by atoms with E-state index in [4.69, 9.17) is 0 Å². The summed E-state index contributed by atoms with van der Waals surface area (Å²) in [5.41, 5.74) is -1.08. The number of rotatable bonds is 6. The highest BCUT2D eigenvalue weighted by Gasteiger charge is 2.48. The van der Waals surface area contributed by atoms with Gasteiger partial charge in [0.05, 0.1) is 5.92 Å². The number of hydrogen-bond acceptors (Lipinski definition) is 3. The number of benzene rings is 1. The highest BCUT2D eigenvalue weighted by molar-refractivity contribution is 5.29. The molecule has 1 aliphatic carbocycles. The van der Waals surface area contributed by atoms with Crippen molar-refractivity contribution >= 4 is 0 Å². The first-order valence-electron chi connectivity index (χ1n) is 9.01. The summed E-state index contributed by atoms with van der Waals surface area (Å²) >= 11 is 0. The number of aliphatic hydroxyl groups excluding tert-OH is 1. The van der Waals surface area contributed by atoms with Crippen molar-refractivity contribution in [2.75, 3.05) is 6.54 Å². The molecule has 172 valence electrons. The third-order valence-electron chi connectivity index (χ3n) is 5.06. The van der Waals surface area contributed by atoms with Crippen LogP contribution in [0.3, 0.4) is 0 Å². The minimum absolute atomic E-state index is 0.0918. The standard InChI is InChI=1S/C18H20F9NO2/c19-16(20,21)12-2-1-7-15(9-12,28-10-14(29)17(22,23)24)8-11-3-5-13(6-4-11)30-18(25,26)27/h3-6,12,14,28-29H,1-2,7-10H2. The Morgan fingerprint density at radius 3 is 2.13 bits per heavy atom. The molecule has 1 saturated carbocycles. The Kier molecular flexibility index (Phi) is 7.22. The molecule has 0 radical (unpaired) electrons. The third-order valence-corrected chi connectivity index (χ3v) is 5.06. The number of alkyl halides is 9. The van der Waals surface area contributed by atoms with Gasteiger partial charge in [-0.05, 0) is 43.4 Å². The molecule has 3 atom stereocenters. The van der Waals surface area contributed by atoms with E-state index in [-0.39, 0.29) is 25.7 Å². The fourth-order valence-corrected chi connectivity index (χ4v) is 3.65. The zero-order valence-corrected chi connectivity index (χ0v) is 15.5. The summed E-state index contributed by atoms with van der Waals surface area (Å²) in [6.07, 6.45) is -17.8. The molecule has 0 aliphatic heterocycles. The summed E-state index contributed by atoms with van der Waals surface area (Å²) in [4.78, 5) is 0. The van der Waals surface area contributed by atoms with Crippen LogP contribution >= 0.6 is 0 Å². The molecule has 3 nitrogen and oxygen atoms in total. The molecule has 0 bridgehead atoms. The Morgan fingerprint density at radius 2 is 1.63 bits per heavy atom. The molecule has 1 aromatic carbocycles. The normalized spacial score (nSPS) is 24.5. The van der Waals surface area contributed by atoms with Gasteiger partial charge >= 0.3 is 18.7 Å². The lowest BCUT2D eigenvalue weighted by Crippen LogP contribution is -2.55. The van der Waals surface area contributed by atoms with Gasteiger partial charge in [0.2, 0.25) is 0 Å². The molecule has 1 fully saturated rings. The second kappa shape index (κ2) is 8.81. The number of ether oxygens (including phenoxy) is 1. The van der Waals surface area contributed by atoms with E-state index in [2.05, 4.69) is 10.1 Å². The van der Waals surface area contributed by atoms with Gasteiger partial charge in [-0.3, -0.25) is 0 Å². The Labute approximate surface area is 166 Å². The van der Waals surface area contributed by atoms with E-state index in [0.717, 1.165) is 12.1 Å². The zero-order valence-electron chi connectivity index (χ0n) is 15.5. The molecule has 0 aromatic heterocycles. The molecular weight excluding hydrogens is 433 g/mol. The van der Waals surface area contributed by atoms with Gasteiger partial charge in [0.1, 0.15) is 5.75 Å². The first-order valence-corrected chi connectivity index (χ1v) is 9.01. The molecule has 2 rings (SSSR count). The maximum atomic E-state index is 13.2. The summed E-state index contributed by atoms with van der Waals surface area (Å²) in [7, 11) is 0. The van der Waals surface area contributed by atoms with E-state index < -0.39 is 55.0 Å². The van der Waals surface area contributed by atoms with Gasteiger partial charge in [-0.15, -0.1) is 13.2 Å². The average molecular weight is 453 g/mol. The topological polar surface area (TPSA) is 41.5 Å². The quantitative estimate of drug-likeness (QED) is 0.587. The number of aliphatic hydroxyl groups is 1. The Morgan fingerprint density at radius 1 is 1.03 bits per heavy atom. The van der Waals surface area contributed by atoms with E-state index in [1.54, 1.807) is 0 Å². The molecule has 1 aromatic rings. The van der Waals surface area contributed by atoms with Crippen LogP contribution in [0.1, 0.15) is 31.2 Å². The lowest BCUT2D eigenvalue weighted by Gasteiger charge is -2.43. The van der Waals surface area contributed by atoms with Crippen molar-refractivity contribution in [2.24, 2.45) is 5.92 Å². The van der Waals surface area contributed by atoms with Gasteiger partial charge in [0, 0.05) is 12.1 Å². The summed E-state index contributed by atoms with van der Waals surface area (Å²) in [6, 6.07) is 4.38.